The molecule has 0 saturated carbocycles. The average Bonchev–Trinajstić information content (AvgIpc) is 2.76. The van der Waals surface area contributed by atoms with Gasteiger partial charge in [-0.15, -0.1) is 11.6 Å². The molecule has 0 spiro atoms. The lowest BCUT2D eigenvalue weighted by atomic mass is 10.4. The fourth-order valence-electron chi connectivity index (χ4n) is 2.06. The number of nitrogens with zero attached hydrogens (tertiary/aromatic N) is 4. The van der Waals surface area contributed by atoms with Crippen molar-refractivity contribution in [3.05, 3.63) is 24.3 Å². The van der Waals surface area contributed by atoms with Crippen LogP contribution in [0.5, 0.6) is 0 Å². The van der Waals surface area contributed by atoms with Crippen molar-refractivity contribution in [3.63, 3.8) is 0 Å². The lowest BCUT2D eigenvalue weighted by Gasteiger charge is -2.11. The van der Waals surface area contributed by atoms with E-state index in [4.69, 9.17) is 16.3 Å². The van der Waals surface area contributed by atoms with Crippen molar-refractivity contribution in [2.45, 2.75) is 13.0 Å². The highest BCUT2D eigenvalue weighted by Crippen LogP contribution is 2.15. The van der Waals surface area contributed by atoms with Crippen LogP contribution in [0, 0.1) is 0 Å². The normalized spacial score (nSPS) is 11.6. The van der Waals surface area contributed by atoms with Crippen LogP contribution in [-0.2, 0) is 17.7 Å². The molecule has 20 heavy (non-hydrogen) atoms. The van der Waals surface area contributed by atoms with E-state index in [2.05, 4.69) is 19.4 Å². The van der Waals surface area contributed by atoms with Crippen molar-refractivity contribution in [2.24, 2.45) is 0 Å². The molecule has 0 unspecified atom stereocenters. The fraction of sp³-hybridized carbons (Fsp3) is 0.571. The third kappa shape index (κ3) is 3.91. The van der Waals surface area contributed by atoms with E-state index in [9.17, 15) is 0 Å². The monoisotopic (exact) mass is 296 g/mol. The van der Waals surface area contributed by atoms with E-state index >= 15 is 0 Å². The first-order chi connectivity index (χ1) is 9.72. The van der Waals surface area contributed by atoms with Crippen LogP contribution in [-0.4, -0.2) is 59.2 Å². The van der Waals surface area contributed by atoms with E-state index in [0.29, 0.717) is 12.5 Å². The minimum atomic E-state index is 0.568. The number of imidazole rings is 1. The Balaban J connectivity index is 2.01. The lowest BCUT2D eigenvalue weighted by molar-refractivity contribution is 0.111. The van der Waals surface area contributed by atoms with E-state index in [1.54, 1.807) is 12.4 Å². The zero-order valence-corrected chi connectivity index (χ0v) is 12.8. The predicted octanol–water partition coefficient (Wildman–Crippen LogP) is 1.79. The highest BCUT2D eigenvalue weighted by atomic mass is 35.5. The Labute approximate surface area is 124 Å². The largest absolute Gasteiger partial charge is 0.378 e. The van der Waals surface area contributed by atoms with Crippen molar-refractivity contribution in [1.29, 1.82) is 0 Å². The Morgan fingerprint density at radius 1 is 1.35 bits per heavy atom. The number of aryl methyl sites for hydroxylation is 1. The second-order valence-electron chi connectivity index (χ2n) is 4.90. The Morgan fingerprint density at radius 3 is 2.95 bits per heavy atom. The summed E-state index contributed by atoms with van der Waals surface area (Å²) in [6, 6.07) is 1.99. The molecule has 0 radical (unpaired) electrons. The molecule has 0 aromatic carbocycles. The molecule has 2 aromatic heterocycles. The summed E-state index contributed by atoms with van der Waals surface area (Å²) in [5.41, 5.74) is 2.01. The Morgan fingerprint density at radius 2 is 2.20 bits per heavy atom. The molecule has 0 bridgehead atoms. The van der Waals surface area contributed by atoms with Gasteiger partial charge in [0.05, 0.1) is 24.9 Å². The number of pyridine rings is 1. The van der Waals surface area contributed by atoms with Crippen LogP contribution in [0.3, 0.4) is 0 Å². The number of fused-ring (bicyclic) bond motifs is 1. The van der Waals surface area contributed by atoms with Gasteiger partial charge in [0.1, 0.15) is 11.3 Å². The van der Waals surface area contributed by atoms with E-state index in [0.717, 1.165) is 43.0 Å². The summed E-state index contributed by atoms with van der Waals surface area (Å²) < 4.78 is 7.84. The fourth-order valence-corrected chi connectivity index (χ4v) is 2.23. The first-order valence-electron chi connectivity index (χ1n) is 6.80. The number of rotatable bonds is 8. The second kappa shape index (κ2) is 7.57. The Hall–Kier alpha value is -1.17. The van der Waals surface area contributed by atoms with E-state index in [1.165, 1.54) is 0 Å². The molecule has 0 saturated heterocycles. The van der Waals surface area contributed by atoms with E-state index in [1.807, 2.05) is 20.2 Å². The summed E-state index contributed by atoms with van der Waals surface area (Å²) in [7, 11) is 4.08. The summed E-state index contributed by atoms with van der Waals surface area (Å²) in [5.74, 6) is 1.57. The molecular formula is C14H21ClN4O. The minimum absolute atomic E-state index is 0.568. The van der Waals surface area contributed by atoms with Gasteiger partial charge in [-0.3, -0.25) is 4.98 Å². The third-order valence-electron chi connectivity index (χ3n) is 3.09. The smallest absolute Gasteiger partial charge is 0.111 e. The predicted molar refractivity (Wildman–Crippen MR) is 81.3 cm³/mol. The zero-order chi connectivity index (χ0) is 14.4. The number of halogens is 1. The summed E-state index contributed by atoms with van der Waals surface area (Å²) in [6.45, 7) is 3.15. The second-order valence-corrected chi connectivity index (χ2v) is 5.28. The topological polar surface area (TPSA) is 43.2 Å². The number of alkyl halides is 1. The highest BCUT2D eigenvalue weighted by molar-refractivity contribution is 6.17. The zero-order valence-electron chi connectivity index (χ0n) is 12.0. The molecule has 0 N–H and O–H groups in total. The molecule has 0 aliphatic carbocycles. The maximum Gasteiger partial charge on any atom is 0.111 e. The van der Waals surface area contributed by atoms with Crippen molar-refractivity contribution in [2.75, 3.05) is 39.7 Å². The highest BCUT2D eigenvalue weighted by Gasteiger charge is 2.09. The first kappa shape index (κ1) is 15.2. The Bertz CT molecular complexity index is 541. The summed E-state index contributed by atoms with van der Waals surface area (Å²) >= 11 is 5.85. The minimum Gasteiger partial charge on any atom is -0.378 e. The van der Waals surface area contributed by atoms with Crippen LogP contribution in [0.25, 0.3) is 11.0 Å². The van der Waals surface area contributed by atoms with Gasteiger partial charge in [-0.2, -0.15) is 0 Å². The van der Waals surface area contributed by atoms with E-state index < -0.39 is 0 Å². The van der Waals surface area contributed by atoms with Crippen LogP contribution in [0.15, 0.2) is 18.5 Å². The first-order valence-corrected chi connectivity index (χ1v) is 7.33. The van der Waals surface area contributed by atoms with Gasteiger partial charge in [-0.25, -0.2) is 4.98 Å². The molecule has 0 aliphatic rings. The summed E-state index contributed by atoms with van der Waals surface area (Å²) in [6.07, 6.45) is 4.34. The Kier molecular flexibility index (Phi) is 5.76. The van der Waals surface area contributed by atoms with Crippen LogP contribution < -0.4 is 0 Å². The number of aromatic nitrogens is 3. The van der Waals surface area contributed by atoms with Gasteiger partial charge < -0.3 is 14.2 Å². The van der Waals surface area contributed by atoms with Gasteiger partial charge in [0.15, 0.2) is 0 Å². The molecule has 2 aromatic rings. The molecular weight excluding hydrogens is 276 g/mol. The molecule has 5 nitrogen and oxygen atoms in total. The third-order valence-corrected chi connectivity index (χ3v) is 3.28. The molecule has 6 heteroatoms. The van der Waals surface area contributed by atoms with Gasteiger partial charge in [0.25, 0.3) is 0 Å². The summed E-state index contributed by atoms with van der Waals surface area (Å²) in [4.78, 5) is 10.8. The SMILES string of the molecule is CN(C)CCOCCn1c(CCCl)nc2cnccc21. The van der Waals surface area contributed by atoms with Crippen LogP contribution in [0.1, 0.15) is 5.82 Å². The van der Waals surface area contributed by atoms with Crippen LogP contribution >= 0.6 is 11.6 Å². The standard InChI is InChI=1S/C14H21ClN4O/c1-18(2)7-9-20-10-8-19-13-4-6-16-11-12(13)17-14(19)3-5-15/h4,6,11H,3,5,7-10H2,1-2H3. The number of hydrogen-bond acceptors (Lipinski definition) is 4. The van der Waals surface area contributed by atoms with Crippen LogP contribution in [0.2, 0.25) is 0 Å². The lowest BCUT2D eigenvalue weighted by Crippen LogP contribution is -2.19. The van der Waals surface area contributed by atoms with Crippen molar-refractivity contribution < 1.29 is 4.74 Å². The van der Waals surface area contributed by atoms with Crippen molar-refractivity contribution in [1.82, 2.24) is 19.4 Å². The average molecular weight is 297 g/mol. The van der Waals surface area contributed by atoms with Crippen LogP contribution in [0.4, 0.5) is 0 Å². The maximum absolute atomic E-state index is 5.85. The number of ether oxygens (including phenoxy) is 1. The molecule has 0 atom stereocenters. The van der Waals surface area contributed by atoms with Gasteiger partial charge in [0.2, 0.25) is 0 Å². The maximum atomic E-state index is 5.85. The molecule has 110 valence electrons. The molecule has 0 amide bonds. The van der Waals surface area contributed by atoms with Crippen molar-refractivity contribution in [3.8, 4) is 0 Å². The van der Waals surface area contributed by atoms with Crippen molar-refractivity contribution >= 4 is 22.6 Å². The molecule has 2 heterocycles. The molecule has 0 fully saturated rings. The van der Waals surface area contributed by atoms with E-state index in [-0.39, 0.29) is 0 Å². The quantitative estimate of drug-likeness (QED) is 0.550. The van der Waals surface area contributed by atoms with Gasteiger partial charge in [-0.05, 0) is 20.2 Å². The molecule has 2 rings (SSSR count). The number of hydrogen-bond donors (Lipinski definition) is 0. The molecule has 0 aliphatic heterocycles. The van der Waals surface area contributed by atoms with Gasteiger partial charge >= 0.3 is 0 Å². The van der Waals surface area contributed by atoms with Gasteiger partial charge in [-0.1, -0.05) is 0 Å². The summed E-state index contributed by atoms with van der Waals surface area (Å²) in [5, 5.41) is 0. The number of likely N-dealkylation sites (N-methyl/N-ethyl adjacent to an activating group) is 1. The van der Waals surface area contributed by atoms with Gasteiger partial charge in [0, 0.05) is 31.6 Å².